The van der Waals surface area contributed by atoms with E-state index in [1.165, 1.54) is 27.8 Å². The third-order valence-electron chi connectivity index (χ3n) is 4.94. The molecule has 4 rings (SSSR count). The molecule has 142 valence electrons. The van der Waals surface area contributed by atoms with Gasteiger partial charge in [-0.25, -0.2) is 0 Å². The fourth-order valence-corrected chi connectivity index (χ4v) is 3.52. The summed E-state index contributed by atoms with van der Waals surface area (Å²) in [6, 6.07) is 42.6. The standard InChI is InChI=1S/C28H25N/c1-5-13-24(14-6-1)21-29(22-25-15-7-2-8-16-25)23-28(26-17-9-3-10-18-26)27-19-11-4-12-20-27/h1-20,23H,21-22H2. The Labute approximate surface area is 173 Å². The first-order valence-corrected chi connectivity index (χ1v) is 10.0. The largest absolute Gasteiger partial charge is 0.368 e. The second kappa shape index (κ2) is 9.57. The summed E-state index contributed by atoms with van der Waals surface area (Å²) in [6.07, 6.45) is 2.31. The van der Waals surface area contributed by atoms with Crippen molar-refractivity contribution in [3.8, 4) is 0 Å². The molecule has 0 saturated heterocycles. The SMILES string of the molecule is C(=C(c1ccccc1)c1ccccc1)N(Cc1ccccc1)Cc1ccccc1. The van der Waals surface area contributed by atoms with E-state index in [9.17, 15) is 0 Å². The van der Waals surface area contributed by atoms with Crippen molar-refractivity contribution in [3.63, 3.8) is 0 Å². The molecule has 0 aliphatic heterocycles. The Morgan fingerprint density at radius 3 is 1.21 bits per heavy atom. The molecule has 4 aromatic carbocycles. The highest BCUT2D eigenvalue weighted by Gasteiger charge is 2.09. The molecule has 0 aliphatic carbocycles. The minimum Gasteiger partial charge on any atom is -0.368 e. The van der Waals surface area contributed by atoms with E-state index >= 15 is 0 Å². The van der Waals surface area contributed by atoms with Gasteiger partial charge in [0.2, 0.25) is 0 Å². The lowest BCUT2D eigenvalue weighted by atomic mass is 9.98. The number of benzene rings is 4. The highest BCUT2D eigenvalue weighted by Crippen LogP contribution is 2.25. The maximum Gasteiger partial charge on any atom is 0.0427 e. The van der Waals surface area contributed by atoms with Gasteiger partial charge in [0.15, 0.2) is 0 Å². The Morgan fingerprint density at radius 1 is 0.483 bits per heavy atom. The average Bonchev–Trinajstić information content (AvgIpc) is 2.80. The molecule has 0 amide bonds. The molecule has 1 heteroatoms. The van der Waals surface area contributed by atoms with Gasteiger partial charge in [-0.15, -0.1) is 0 Å². The predicted molar refractivity (Wildman–Crippen MR) is 122 cm³/mol. The highest BCUT2D eigenvalue weighted by molar-refractivity contribution is 5.79. The summed E-state index contributed by atoms with van der Waals surface area (Å²) >= 11 is 0. The van der Waals surface area contributed by atoms with Crippen molar-refractivity contribution in [1.29, 1.82) is 0 Å². The lowest BCUT2D eigenvalue weighted by Gasteiger charge is -2.23. The van der Waals surface area contributed by atoms with Crippen molar-refractivity contribution >= 4 is 5.57 Å². The molecule has 0 radical (unpaired) electrons. The van der Waals surface area contributed by atoms with Gasteiger partial charge >= 0.3 is 0 Å². The molecule has 0 unspecified atom stereocenters. The summed E-state index contributed by atoms with van der Waals surface area (Å²) in [4.78, 5) is 2.40. The van der Waals surface area contributed by atoms with Gasteiger partial charge in [-0.1, -0.05) is 121 Å². The molecule has 1 nitrogen and oxygen atoms in total. The van der Waals surface area contributed by atoms with Crippen LogP contribution in [0.5, 0.6) is 0 Å². The topological polar surface area (TPSA) is 3.24 Å². The molecule has 0 aliphatic rings. The van der Waals surface area contributed by atoms with Gasteiger partial charge in [-0.3, -0.25) is 0 Å². The number of hydrogen-bond acceptors (Lipinski definition) is 1. The van der Waals surface area contributed by atoms with Crippen molar-refractivity contribution in [2.45, 2.75) is 13.1 Å². The Hall–Kier alpha value is -3.58. The van der Waals surface area contributed by atoms with Crippen LogP contribution in [-0.4, -0.2) is 4.90 Å². The quantitative estimate of drug-likeness (QED) is 0.344. The van der Waals surface area contributed by atoms with Crippen LogP contribution in [-0.2, 0) is 13.1 Å². The molecule has 0 heterocycles. The number of nitrogens with zero attached hydrogens (tertiary/aromatic N) is 1. The van der Waals surface area contributed by atoms with Crippen LogP contribution in [0.2, 0.25) is 0 Å². The first-order valence-electron chi connectivity index (χ1n) is 10.0. The lowest BCUT2D eigenvalue weighted by molar-refractivity contribution is 0.363. The minimum absolute atomic E-state index is 0.860. The molecular formula is C28H25N. The van der Waals surface area contributed by atoms with Crippen molar-refractivity contribution in [3.05, 3.63) is 150 Å². The summed E-state index contributed by atoms with van der Waals surface area (Å²) in [5.74, 6) is 0. The molecule has 0 fully saturated rings. The van der Waals surface area contributed by atoms with Crippen LogP contribution < -0.4 is 0 Å². The lowest BCUT2D eigenvalue weighted by Crippen LogP contribution is -2.17. The van der Waals surface area contributed by atoms with Crippen molar-refractivity contribution in [2.75, 3.05) is 0 Å². The van der Waals surface area contributed by atoms with Gasteiger partial charge in [0.05, 0.1) is 0 Å². The van der Waals surface area contributed by atoms with E-state index < -0.39 is 0 Å². The molecule has 29 heavy (non-hydrogen) atoms. The van der Waals surface area contributed by atoms with Gasteiger partial charge in [0.25, 0.3) is 0 Å². The van der Waals surface area contributed by atoms with Gasteiger partial charge in [0, 0.05) is 24.9 Å². The smallest absolute Gasteiger partial charge is 0.0427 e. The maximum absolute atomic E-state index is 2.40. The zero-order chi connectivity index (χ0) is 19.7. The second-order valence-electron chi connectivity index (χ2n) is 7.15. The first-order chi connectivity index (χ1) is 14.4. The first kappa shape index (κ1) is 18.8. The van der Waals surface area contributed by atoms with E-state index in [2.05, 4.69) is 132 Å². The van der Waals surface area contributed by atoms with Crippen LogP contribution in [0.4, 0.5) is 0 Å². The Balaban J connectivity index is 1.74. The molecule has 0 aromatic heterocycles. The number of hydrogen-bond donors (Lipinski definition) is 0. The fourth-order valence-electron chi connectivity index (χ4n) is 3.52. The molecule has 4 aromatic rings. The predicted octanol–water partition coefficient (Wildman–Crippen LogP) is 6.78. The third kappa shape index (κ3) is 5.24. The maximum atomic E-state index is 2.40. The molecule has 0 saturated carbocycles. The Morgan fingerprint density at radius 2 is 0.828 bits per heavy atom. The van der Waals surface area contributed by atoms with E-state index in [0.717, 1.165) is 13.1 Å². The van der Waals surface area contributed by atoms with Crippen LogP contribution in [0.25, 0.3) is 5.57 Å². The number of rotatable bonds is 7. The van der Waals surface area contributed by atoms with Crippen molar-refractivity contribution in [1.82, 2.24) is 4.90 Å². The molecule has 0 spiro atoms. The van der Waals surface area contributed by atoms with Crippen LogP contribution in [0.3, 0.4) is 0 Å². The minimum atomic E-state index is 0.860. The molecular weight excluding hydrogens is 350 g/mol. The zero-order valence-corrected chi connectivity index (χ0v) is 16.5. The summed E-state index contributed by atoms with van der Waals surface area (Å²) in [5.41, 5.74) is 6.30. The van der Waals surface area contributed by atoms with Crippen molar-refractivity contribution in [2.24, 2.45) is 0 Å². The van der Waals surface area contributed by atoms with Crippen LogP contribution in [0, 0.1) is 0 Å². The summed E-state index contributed by atoms with van der Waals surface area (Å²) in [5, 5.41) is 0. The van der Waals surface area contributed by atoms with Crippen LogP contribution in [0.15, 0.2) is 128 Å². The average molecular weight is 376 g/mol. The van der Waals surface area contributed by atoms with Gasteiger partial charge in [-0.05, 0) is 22.3 Å². The highest BCUT2D eigenvalue weighted by atomic mass is 15.1. The van der Waals surface area contributed by atoms with E-state index in [1.807, 2.05) is 0 Å². The summed E-state index contributed by atoms with van der Waals surface area (Å²) in [7, 11) is 0. The Bertz CT molecular complexity index is 940. The van der Waals surface area contributed by atoms with E-state index in [-0.39, 0.29) is 0 Å². The molecule has 0 bridgehead atoms. The van der Waals surface area contributed by atoms with Gasteiger partial charge < -0.3 is 4.90 Å². The second-order valence-corrected chi connectivity index (χ2v) is 7.15. The molecule has 0 N–H and O–H groups in total. The normalized spacial score (nSPS) is 10.3. The van der Waals surface area contributed by atoms with Gasteiger partial charge in [-0.2, -0.15) is 0 Å². The molecule has 0 atom stereocenters. The Kier molecular flexibility index (Phi) is 6.19. The van der Waals surface area contributed by atoms with E-state index in [0.29, 0.717) is 0 Å². The zero-order valence-electron chi connectivity index (χ0n) is 16.5. The van der Waals surface area contributed by atoms with Crippen LogP contribution in [0.1, 0.15) is 22.3 Å². The van der Waals surface area contributed by atoms with Crippen LogP contribution >= 0.6 is 0 Å². The van der Waals surface area contributed by atoms with Crippen molar-refractivity contribution < 1.29 is 0 Å². The van der Waals surface area contributed by atoms with E-state index in [4.69, 9.17) is 0 Å². The fraction of sp³-hybridized carbons (Fsp3) is 0.0714. The van der Waals surface area contributed by atoms with E-state index in [1.54, 1.807) is 0 Å². The monoisotopic (exact) mass is 375 g/mol. The third-order valence-corrected chi connectivity index (χ3v) is 4.94. The van der Waals surface area contributed by atoms with Gasteiger partial charge in [0.1, 0.15) is 0 Å². The summed E-state index contributed by atoms with van der Waals surface area (Å²) in [6.45, 7) is 1.72. The summed E-state index contributed by atoms with van der Waals surface area (Å²) < 4.78 is 0.